The number of aryl methyl sites for hydroxylation is 1. The van der Waals surface area contributed by atoms with Gasteiger partial charge in [-0.1, -0.05) is 45.0 Å². The van der Waals surface area contributed by atoms with E-state index in [4.69, 9.17) is 5.84 Å². The van der Waals surface area contributed by atoms with Crippen LogP contribution in [0.1, 0.15) is 43.6 Å². The number of hydrogen-bond donors (Lipinski definition) is 2. The lowest BCUT2D eigenvalue weighted by Crippen LogP contribution is -2.32. The predicted octanol–water partition coefficient (Wildman–Crippen LogP) is 3.03. The summed E-state index contributed by atoms with van der Waals surface area (Å²) in [5.41, 5.74) is 6.44. The second-order valence-electron chi connectivity index (χ2n) is 5.94. The zero-order valence-electron chi connectivity index (χ0n) is 12.3. The number of hydrogen-bond acceptors (Lipinski definition) is 3. The zero-order valence-corrected chi connectivity index (χ0v) is 13.9. The molecule has 1 aromatic heterocycles. The minimum atomic E-state index is -0.104. The van der Waals surface area contributed by atoms with Gasteiger partial charge in [0.05, 0.1) is 22.4 Å². The van der Waals surface area contributed by atoms with Gasteiger partial charge in [-0.25, -0.2) is 5.43 Å². The van der Waals surface area contributed by atoms with Crippen LogP contribution in [0.15, 0.2) is 34.9 Å². The van der Waals surface area contributed by atoms with Crippen molar-refractivity contribution in [1.29, 1.82) is 0 Å². The molecule has 108 valence electrons. The van der Waals surface area contributed by atoms with Crippen LogP contribution < -0.4 is 11.3 Å². The number of halogens is 1. The van der Waals surface area contributed by atoms with Gasteiger partial charge in [0.2, 0.25) is 0 Å². The summed E-state index contributed by atoms with van der Waals surface area (Å²) in [4.78, 5) is 0. The van der Waals surface area contributed by atoms with E-state index in [9.17, 15) is 0 Å². The van der Waals surface area contributed by atoms with E-state index in [0.717, 1.165) is 10.2 Å². The van der Waals surface area contributed by atoms with Crippen molar-refractivity contribution in [3.8, 4) is 0 Å². The first-order valence-electron chi connectivity index (χ1n) is 6.59. The van der Waals surface area contributed by atoms with E-state index in [2.05, 4.69) is 65.4 Å². The highest BCUT2D eigenvalue weighted by Gasteiger charge is 2.26. The molecule has 0 saturated heterocycles. The highest BCUT2D eigenvalue weighted by molar-refractivity contribution is 9.10. The Hall–Kier alpha value is -1.17. The monoisotopic (exact) mass is 336 g/mol. The second kappa shape index (κ2) is 5.68. The summed E-state index contributed by atoms with van der Waals surface area (Å²) in [7, 11) is 1.92. The van der Waals surface area contributed by atoms with Crippen molar-refractivity contribution in [3.63, 3.8) is 0 Å². The first-order chi connectivity index (χ1) is 9.36. The molecule has 1 heterocycles. The molecule has 20 heavy (non-hydrogen) atoms. The molecular weight excluding hydrogens is 316 g/mol. The van der Waals surface area contributed by atoms with Crippen molar-refractivity contribution in [3.05, 3.63) is 51.8 Å². The van der Waals surface area contributed by atoms with Gasteiger partial charge in [-0.15, -0.1) is 0 Å². The smallest absolute Gasteiger partial charge is 0.0892 e. The molecule has 0 aliphatic heterocycles. The van der Waals surface area contributed by atoms with Gasteiger partial charge in [0, 0.05) is 7.05 Å². The average Bonchev–Trinajstić information content (AvgIpc) is 2.71. The summed E-state index contributed by atoms with van der Waals surface area (Å²) in [5, 5.41) is 4.28. The van der Waals surface area contributed by atoms with Crippen LogP contribution in [0.4, 0.5) is 0 Å². The Labute approximate surface area is 128 Å². The molecule has 2 aromatic rings. The van der Waals surface area contributed by atoms with Gasteiger partial charge < -0.3 is 0 Å². The Bertz CT molecular complexity index is 579. The molecular formula is C15H21BrN4. The Morgan fingerprint density at radius 3 is 2.45 bits per heavy atom. The van der Waals surface area contributed by atoms with Crippen molar-refractivity contribution >= 4 is 15.9 Å². The molecule has 0 amide bonds. The summed E-state index contributed by atoms with van der Waals surface area (Å²) in [6.45, 7) is 6.62. The van der Waals surface area contributed by atoms with Crippen LogP contribution in [0.25, 0.3) is 0 Å². The number of aromatic nitrogens is 2. The maximum absolute atomic E-state index is 5.83. The lowest BCUT2D eigenvalue weighted by atomic mass is 9.81. The molecule has 0 aliphatic carbocycles. The second-order valence-corrected chi connectivity index (χ2v) is 6.79. The van der Waals surface area contributed by atoms with Crippen molar-refractivity contribution < 1.29 is 0 Å². The first-order valence-corrected chi connectivity index (χ1v) is 7.38. The number of rotatable bonds is 3. The van der Waals surface area contributed by atoms with Crippen molar-refractivity contribution in [1.82, 2.24) is 15.2 Å². The Kier molecular flexibility index (Phi) is 4.32. The molecule has 2 rings (SSSR count). The zero-order chi connectivity index (χ0) is 14.9. The molecule has 1 aromatic carbocycles. The maximum atomic E-state index is 5.83. The summed E-state index contributed by atoms with van der Waals surface area (Å²) in [6, 6.07) is 8.27. The molecule has 3 N–H and O–H groups in total. The van der Waals surface area contributed by atoms with E-state index in [0.29, 0.717) is 0 Å². The Morgan fingerprint density at radius 2 is 1.95 bits per heavy atom. The minimum Gasteiger partial charge on any atom is -0.271 e. The normalized spacial score (nSPS) is 13.5. The summed E-state index contributed by atoms with van der Waals surface area (Å²) in [6.07, 6.45) is 1.79. The van der Waals surface area contributed by atoms with Gasteiger partial charge in [-0.3, -0.25) is 10.5 Å². The molecule has 1 atom stereocenters. The third-order valence-electron chi connectivity index (χ3n) is 3.46. The fourth-order valence-corrected chi connectivity index (χ4v) is 3.07. The first kappa shape index (κ1) is 15.2. The quantitative estimate of drug-likeness (QED) is 0.669. The van der Waals surface area contributed by atoms with Crippen LogP contribution >= 0.6 is 15.9 Å². The van der Waals surface area contributed by atoms with Gasteiger partial charge in [0.15, 0.2) is 0 Å². The fraction of sp³-hybridized carbons (Fsp3) is 0.400. The van der Waals surface area contributed by atoms with Crippen LogP contribution in [0.5, 0.6) is 0 Å². The number of hydrazine groups is 1. The highest BCUT2D eigenvalue weighted by atomic mass is 79.9. The van der Waals surface area contributed by atoms with Crippen LogP contribution in [-0.2, 0) is 12.5 Å². The van der Waals surface area contributed by atoms with Crippen LogP contribution in [-0.4, -0.2) is 9.78 Å². The van der Waals surface area contributed by atoms with Gasteiger partial charge in [0.25, 0.3) is 0 Å². The lowest BCUT2D eigenvalue weighted by molar-refractivity contribution is 0.536. The molecule has 0 bridgehead atoms. The fourth-order valence-electron chi connectivity index (χ4n) is 2.49. The Morgan fingerprint density at radius 1 is 1.30 bits per heavy atom. The van der Waals surface area contributed by atoms with E-state index in [1.54, 1.807) is 6.20 Å². The molecule has 0 aliphatic rings. The van der Waals surface area contributed by atoms with E-state index in [1.165, 1.54) is 11.1 Å². The third-order valence-corrected chi connectivity index (χ3v) is 4.07. The molecule has 0 fully saturated rings. The Balaban J connectivity index is 2.60. The molecule has 0 spiro atoms. The topological polar surface area (TPSA) is 55.9 Å². The van der Waals surface area contributed by atoms with Crippen LogP contribution in [0.2, 0.25) is 0 Å². The molecule has 0 saturated carbocycles. The number of nitrogens with one attached hydrogen (secondary N) is 1. The molecule has 0 radical (unpaired) electrons. The minimum absolute atomic E-state index is 0.0523. The van der Waals surface area contributed by atoms with Crippen molar-refractivity contribution in [2.45, 2.75) is 32.2 Å². The van der Waals surface area contributed by atoms with Crippen LogP contribution in [0, 0.1) is 0 Å². The molecule has 1 unspecified atom stereocenters. The summed E-state index contributed by atoms with van der Waals surface area (Å²) >= 11 is 3.55. The summed E-state index contributed by atoms with van der Waals surface area (Å²) < 4.78 is 2.79. The van der Waals surface area contributed by atoms with E-state index in [1.807, 2.05) is 17.8 Å². The number of nitrogens with two attached hydrogens (primary N) is 1. The average molecular weight is 337 g/mol. The number of benzene rings is 1. The highest BCUT2D eigenvalue weighted by Crippen LogP contribution is 2.34. The summed E-state index contributed by atoms with van der Waals surface area (Å²) in [5.74, 6) is 5.83. The van der Waals surface area contributed by atoms with Crippen LogP contribution in [0.3, 0.4) is 0 Å². The van der Waals surface area contributed by atoms with Gasteiger partial charge in [-0.2, -0.15) is 5.10 Å². The SMILES string of the molecule is Cn1ncc(Br)c1C(NN)c1ccccc1C(C)(C)C. The van der Waals surface area contributed by atoms with Gasteiger partial charge >= 0.3 is 0 Å². The van der Waals surface area contributed by atoms with Crippen molar-refractivity contribution in [2.75, 3.05) is 0 Å². The predicted molar refractivity (Wildman–Crippen MR) is 85.2 cm³/mol. The molecule has 5 heteroatoms. The van der Waals surface area contributed by atoms with Gasteiger partial charge in [-0.05, 0) is 32.5 Å². The lowest BCUT2D eigenvalue weighted by Gasteiger charge is -2.27. The van der Waals surface area contributed by atoms with Crippen molar-refractivity contribution in [2.24, 2.45) is 12.9 Å². The number of nitrogens with zero attached hydrogens (tertiary/aromatic N) is 2. The third kappa shape index (κ3) is 2.80. The van der Waals surface area contributed by atoms with Gasteiger partial charge in [0.1, 0.15) is 0 Å². The largest absolute Gasteiger partial charge is 0.271 e. The van der Waals surface area contributed by atoms with E-state index >= 15 is 0 Å². The van der Waals surface area contributed by atoms with E-state index in [-0.39, 0.29) is 11.5 Å². The van der Waals surface area contributed by atoms with E-state index < -0.39 is 0 Å². The molecule has 4 nitrogen and oxygen atoms in total. The standard InChI is InChI=1S/C15H21BrN4/c1-15(2,3)11-8-6-5-7-10(11)13(19-17)14-12(16)9-18-20(14)4/h5-9,13,19H,17H2,1-4H3. The maximum Gasteiger partial charge on any atom is 0.0892 e.